The van der Waals surface area contributed by atoms with Gasteiger partial charge < -0.3 is 14.6 Å². The second-order valence-corrected chi connectivity index (χ2v) is 9.27. The summed E-state index contributed by atoms with van der Waals surface area (Å²) in [5.41, 5.74) is 2.03. The fraction of sp³-hybridized carbons (Fsp3) is 0.208. The van der Waals surface area contributed by atoms with Gasteiger partial charge in [-0.15, -0.1) is 10.2 Å². The molecule has 2 aromatic carbocycles. The predicted octanol–water partition coefficient (Wildman–Crippen LogP) is 2.58. The van der Waals surface area contributed by atoms with E-state index < -0.39 is 17.6 Å². The maximum absolute atomic E-state index is 15.2. The summed E-state index contributed by atoms with van der Waals surface area (Å²) in [4.78, 5) is 39.1. The molecule has 192 valence electrons. The lowest BCUT2D eigenvalue weighted by Crippen LogP contribution is -2.48. The van der Waals surface area contributed by atoms with E-state index in [4.69, 9.17) is 16.0 Å². The van der Waals surface area contributed by atoms with Gasteiger partial charge in [0.15, 0.2) is 5.82 Å². The summed E-state index contributed by atoms with van der Waals surface area (Å²) in [6.07, 6.45) is 4.04. The van der Waals surface area contributed by atoms with Crippen LogP contribution in [0.5, 0.6) is 0 Å². The van der Waals surface area contributed by atoms with E-state index in [1.54, 1.807) is 35.2 Å². The van der Waals surface area contributed by atoms with Crippen LogP contribution in [0, 0.1) is 5.82 Å². The fourth-order valence-corrected chi connectivity index (χ4v) is 5.13. The Balaban J connectivity index is 1.22. The van der Waals surface area contributed by atoms with Crippen molar-refractivity contribution in [1.82, 2.24) is 35.3 Å². The molecule has 6 rings (SSSR count). The van der Waals surface area contributed by atoms with Crippen molar-refractivity contribution in [3.05, 3.63) is 75.8 Å². The number of fused-ring (bicyclic) bond motifs is 1. The van der Waals surface area contributed by atoms with E-state index in [1.807, 2.05) is 0 Å². The first kappa shape index (κ1) is 23.7. The van der Waals surface area contributed by atoms with Crippen molar-refractivity contribution in [1.29, 1.82) is 0 Å². The predicted molar refractivity (Wildman–Crippen MR) is 132 cm³/mol. The van der Waals surface area contributed by atoms with Gasteiger partial charge in [0, 0.05) is 28.9 Å². The summed E-state index contributed by atoms with van der Waals surface area (Å²) >= 11 is 6.07. The second-order valence-electron chi connectivity index (χ2n) is 8.86. The van der Waals surface area contributed by atoms with Gasteiger partial charge in [0.1, 0.15) is 12.4 Å². The number of H-pyrrole nitrogens is 1. The third kappa shape index (κ3) is 4.16. The van der Waals surface area contributed by atoms with Gasteiger partial charge in [-0.25, -0.2) is 14.3 Å². The lowest BCUT2D eigenvalue weighted by molar-refractivity contribution is -0.135. The van der Waals surface area contributed by atoms with Crippen molar-refractivity contribution in [3.63, 3.8) is 0 Å². The first-order valence-corrected chi connectivity index (χ1v) is 12.0. The molecule has 4 heterocycles. The van der Waals surface area contributed by atoms with Gasteiger partial charge in [-0.3, -0.25) is 9.59 Å². The molecule has 12 nitrogen and oxygen atoms in total. The Morgan fingerprint density at radius 1 is 1.16 bits per heavy atom. The first-order chi connectivity index (χ1) is 18.4. The summed E-state index contributed by atoms with van der Waals surface area (Å²) in [5.74, 6) is -1.93. The summed E-state index contributed by atoms with van der Waals surface area (Å²) < 4.78 is 21.5. The molecule has 38 heavy (non-hydrogen) atoms. The number of halogens is 2. The summed E-state index contributed by atoms with van der Waals surface area (Å²) in [5, 5.41) is 19.8. The van der Waals surface area contributed by atoms with Gasteiger partial charge in [0.25, 0.3) is 0 Å². The highest BCUT2D eigenvalue weighted by Gasteiger charge is 2.43. The van der Waals surface area contributed by atoms with Crippen LogP contribution >= 0.6 is 11.6 Å². The largest absolute Gasteiger partial charge is 0.434 e. The van der Waals surface area contributed by atoms with Crippen LogP contribution in [0.2, 0.25) is 5.02 Å². The molecule has 1 saturated heterocycles. The van der Waals surface area contributed by atoms with Crippen molar-refractivity contribution >= 4 is 34.7 Å². The van der Waals surface area contributed by atoms with Gasteiger partial charge in [0.2, 0.25) is 17.7 Å². The molecule has 2 N–H and O–H groups in total. The van der Waals surface area contributed by atoms with Crippen LogP contribution < -0.4 is 11.1 Å². The van der Waals surface area contributed by atoms with E-state index in [9.17, 15) is 14.4 Å². The number of nitrogens with zero attached hydrogens (tertiary/aromatic N) is 6. The van der Waals surface area contributed by atoms with Gasteiger partial charge >= 0.3 is 5.76 Å². The highest BCUT2D eigenvalue weighted by atomic mass is 35.5. The SMILES string of the molecule is O=C(Nc1ccc(-c2n[nH]c(=O)o2)cc1)[C@@H]1CCC2CC(c3c(-n4cnnn4)ccc(Cl)c3F)=CC(=O)N21. The Bertz CT molecular complexity index is 1630. The number of rotatable bonds is 5. The number of nitrogens with one attached hydrogen (secondary N) is 2. The molecule has 2 atom stereocenters. The van der Waals surface area contributed by atoms with E-state index in [0.717, 1.165) is 0 Å². The maximum Gasteiger partial charge on any atom is 0.434 e. The highest BCUT2D eigenvalue weighted by Crippen LogP contribution is 2.40. The lowest BCUT2D eigenvalue weighted by atomic mass is 9.92. The molecule has 14 heteroatoms. The normalized spacial score (nSPS) is 18.8. The van der Waals surface area contributed by atoms with Crippen molar-refractivity contribution in [3.8, 4) is 17.1 Å². The number of amides is 2. The third-order valence-electron chi connectivity index (χ3n) is 6.64. The van der Waals surface area contributed by atoms with E-state index in [1.165, 1.54) is 23.2 Å². The number of anilines is 1. The Labute approximate surface area is 218 Å². The van der Waals surface area contributed by atoms with Crippen molar-refractivity contribution < 1.29 is 18.4 Å². The number of benzene rings is 2. The topological polar surface area (TPSA) is 152 Å². The molecule has 2 aromatic heterocycles. The zero-order chi connectivity index (χ0) is 26.4. The average Bonchev–Trinajstić information content (AvgIpc) is 3.67. The maximum atomic E-state index is 15.2. The second kappa shape index (κ2) is 9.34. The molecule has 0 radical (unpaired) electrons. The summed E-state index contributed by atoms with van der Waals surface area (Å²) in [6.45, 7) is 0. The van der Waals surface area contributed by atoms with Gasteiger partial charge in [0.05, 0.1) is 10.7 Å². The molecule has 2 amide bonds. The van der Waals surface area contributed by atoms with Crippen LogP contribution in [0.15, 0.2) is 58.0 Å². The van der Waals surface area contributed by atoms with E-state index in [-0.39, 0.29) is 34.3 Å². The smallest absolute Gasteiger partial charge is 0.388 e. The highest BCUT2D eigenvalue weighted by molar-refractivity contribution is 6.31. The average molecular weight is 537 g/mol. The number of carbonyl (C=O) groups is 2. The van der Waals surface area contributed by atoms with Crippen LogP contribution in [0.25, 0.3) is 22.7 Å². The van der Waals surface area contributed by atoms with Gasteiger partial charge in [-0.05, 0) is 71.7 Å². The zero-order valence-corrected chi connectivity index (χ0v) is 20.2. The minimum absolute atomic E-state index is 0.0864. The molecule has 0 saturated carbocycles. The summed E-state index contributed by atoms with van der Waals surface area (Å²) in [7, 11) is 0. The van der Waals surface area contributed by atoms with Crippen LogP contribution in [-0.4, -0.2) is 59.2 Å². The molecular formula is C24H18ClFN8O4. The number of aromatic amines is 1. The first-order valence-electron chi connectivity index (χ1n) is 11.6. The van der Waals surface area contributed by atoms with Crippen molar-refractivity contribution in [2.75, 3.05) is 5.32 Å². The number of tetrazole rings is 1. The Kier molecular flexibility index (Phi) is 5.83. The molecule has 0 spiro atoms. The van der Waals surface area contributed by atoms with Gasteiger partial charge in [-0.1, -0.05) is 11.6 Å². The number of hydrogen-bond donors (Lipinski definition) is 2. The number of hydrogen-bond acceptors (Lipinski definition) is 8. The number of carbonyl (C=O) groups excluding carboxylic acids is 2. The molecular weight excluding hydrogens is 519 g/mol. The standard InChI is InChI=1S/C24H18ClFN8O4/c25-16-6-8-17(33-11-27-31-32-33)20(21(16)26)13-9-15-5-7-18(34(15)19(35)10-13)22(36)28-14-3-1-12(2-4-14)23-29-30-24(37)38-23/h1-4,6,8,10-11,15,18H,5,7,9H2,(H,28,36)(H,30,37)/t15?,18-/m0/s1. The fourth-order valence-electron chi connectivity index (χ4n) is 4.97. The number of aromatic nitrogens is 6. The van der Waals surface area contributed by atoms with Crippen molar-refractivity contribution in [2.45, 2.75) is 31.3 Å². The van der Waals surface area contributed by atoms with E-state index in [2.05, 4.69) is 31.0 Å². The Morgan fingerprint density at radius 2 is 1.97 bits per heavy atom. The molecule has 2 aliphatic rings. The Morgan fingerprint density at radius 3 is 2.68 bits per heavy atom. The molecule has 0 aliphatic carbocycles. The molecule has 1 unspecified atom stereocenters. The summed E-state index contributed by atoms with van der Waals surface area (Å²) in [6, 6.07) is 8.61. The lowest BCUT2D eigenvalue weighted by Gasteiger charge is -2.33. The minimum atomic E-state index is -0.683. The van der Waals surface area contributed by atoms with Crippen LogP contribution in [0.1, 0.15) is 24.8 Å². The van der Waals surface area contributed by atoms with Crippen LogP contribution in [-0.2, 0) is 9.59 Å². The van der Waals surface area contributed by atoms with Crippen molar-refractivity contribution in [2.24, 2.45) is 0 Å². The van der Waals surface area contributed by atoms with Crippen LogP contribution in [0.4, 0.5) is 10.1 Å². The van der Waals surface area contributed by atoms with E-state index in [0.29, 0.717) is 41.8 Å². The molecule has 2 aliphatic heterocycles. The van der Waals surface area contributed by atoms with E-state index >= 15 is 4.39 Å². The third-order valence-corrected chi connectivity index (χ3v) is 6.93. The molecule has 4 aromatic rings. The Hall–Kier alpha value is -4.65. The molecule has 0 bridgehead atoms. The zero-order valence-electron chi connectivity index (χ0n) is 19.5. The van der Waals surface area contributed by atoms with Crippen LogP contribution in [0.3, 0.4) is 0 Å². The monoisotopic (exact) mass is 536 g/mol. The van der Waals surface area contributed by atoms with Gasteiger partial charge in [-0.2, -0.15) is 4.68 Å². The molecule has 1 fully saturated rings. The minimum Gasteiger partial charge on any atom is -0.388 e. The quantitative estimate of drug-likeness (QED) is 0.395.